The lowest BCUT2D eigenvalue weighted by atomic mass is 9.91. The van der Waals surface area contributed by atoms with E-state index < -0.39 is 23.3 Å². The first-order valence-electron chi connectivity index (χ1n) is 5.20. The first kappa shape index (κ1) is 13.1. The highest BCUT2D eigenvalue weighted by Crippen LogP contribution is 2.19. The number of hydrogen-bond acceptors (Lipinski definition) is 2. The van der Waals surface area contributed by atoms with Crippen molar-refractivity contribution in [3.05, 3.63) is 35.4 Å². The average molecular weight is 230 g/mol. The minimum atomic E-state index is -1.25. The van der Waals surface area contributed by atoms with Gasteiger partial charge in [-0.25, -0.2) is 8.78 Å². The molecular weight excluding hydrogens is 214 g/mol. The van der Waals surface area contributed by atoms with E-state index in [2.05, 4.69) is 0 Å². The molecule has 4 heteroatoms. The van der Waals surface area contributed by atoms with Gasteiger partial charge in [-0.2, -0.15) is 0 Å². The SMILES string of the molecule is CCC(C)(O)C(O)Cc1cc(F)cc(F)c1. The summed E-state index contributed by atoms with van der Waals surface area (Å²) in [6, 6.07) is 3.07. The van der Waals surface area contributed by atoms with E-state index in [0.717, 1.165) is 18.2 Å². The molecule has 0 fully saturated rings. The second kappa shape index (κ2) is 4.89. The first-order chi connectivity index (χ1) is 7.35. The van der Waals surface area contributed by atoms with Gasteiger partial charge in [0, 0.05) is 12.5 Å². The van der Waals surface area contributed by atoms with Crippen LogP contribution in [0, 0.1) is 11.6 Å². The first-order valence-corrected chi connectivity index (χ1v) is 5.20. The third-order valence-corrected chi connectivity index (χ3v) is 2.79. The fourth-order valence-electron chi connectivity index (χ4n) is 1.41. The molecule has 90 valence electrons. The van der Waals surface area contributed by atoms with Crippen molar-refractivity contribution in [2.75, 3.05) is 0 Å². The molecule has 0 bridgehead atoms. The Bertz CT molecular complexity index is 344. The Hall–Kier alpha value is -1.00. The highest BCUT2D eigenvalue weighted by atomic mass is 19.1. The molecule has 0 aliphatic rings. The molecule has 0 aliphatic heterocycles. The standard InChI is InChI=1S/C12H16F2O2/c1-3-12(2,16)11(15)6-8-4-9(13)7-10(14)5-8/h4-5,7,11,15-16H,3,6H2,1-2H3. The van der Waals surface area contributed by atoms with Crippen LogP contribution in [0.4, 0.5) is 8.78 Å². The Kier molecular flexibility index (Phi) is 3.99. The van der Waals surface area contributed by atoms with Gasteiger partial charge in [0.2, 0.25) is 0 Å². The van der Waals surface area contributed by atoms with Crippen LogP contribution in [-0.4, -0.2) is 21.9 Å². The summed E-state index contributed by atoms with van der Waals surface area (Å²) in [6.45, 7) is 3.22. The summed E-state index contributed by atoms with van der Waals surface area (Å²) >= 11 is 0. The Balaban J connectivity index is 2.80. The van der Waals surface area contributed by atoms with Crippen molar-refractivity contribution >= 4 is 0 Å². The zero-order chi connectivity index (χ0) is 12.3. The Morgan fingerprint density at radius 3 is 2.19 bits per heavy atom. The quantitative estimate of drug-likeness (QED) is 0.830. The molecule has 2 nitrogen and oxygen atoms in total. The van der Waals surface area contributed by atoms with Gasteiger partial charge in [-0.05, 0) is 31.0 Å². The van der Waals surface area contributed by atoms with Crippen LogP contribution in [0.5, 0.6) is 0 Å². The van der Waals surface area contributed by atoms with E-state index >= 15 is 0 Å². The van der Waals surface area contributed by atoms with Crippen LogP contribution in [0.3, 0.4) is 0 Å². The van der Waals surface area contributed by atoms with Crippen LogP contribution >= 0.6 is 0 Å². The minimum absolute atomic E-state index is 0.0233. The predicted octanol–water partition coefficient (Wildman–Crippen LogP) is 2.03. The van der Waals surface area contributed by atoms with Gasteiger partial charge in [0.25, 0.3) is 0 Å². The monoisotopic (exact) mass is 230 g/mol. The Labute approximate surface area is 93.5 Å². The lowest BCUT2D eigenvalue weighted by Gasteiger charge is -2.27. The van der Waals surface area contributed by atoms with Crippen molar-refractivity contribution in [1.29, 1.82) is 0 Å². The van der Waals surface area contributed by atoms with E-state index in [1.165, 1.54) is 6.92 Å². The molecule has 2 N–H and O–H groups in total. The molecule has 1 rings (SSSR count). The maximum atomic E-state index is 12.9. The Morgan fingerprint density at radius 2 is 1.75 bits per heavy atom. The van der Waals surface area contributed by atoms with Crippen LogP contribution in [0.25, 0.3) is 0 Å². The zero-order valence-electron chi connectivity index (χ0n) is 9.37. The number of aliphatic hydroxyl groups is 2. The number of halogens is 2. The number of aliphatic hydroxyl groups excluding tert-OH is 1. The van der Waals surface area contributed by atoms with Gasteiger partial charge in [0.05, 0.1) is 11.7 Å². The van der Waals surface area contributed by atoms with E-state index in [1.54, 1.807) is 6.92 Å². The highest BCUT2D eigenvalue weighted by Gasteiger charge is 2.28. The molecule has 16 heavy (non-hydrogen) atoms. The fourth-order valence-corrected chi connectivity index (χ4v) is 1.41. The third kappa shape index (κ3) is 3.25. The van der Waals surface area contributed by atoms with Crippen LogP contribution in [-0.2, 0) is 6.42 Å². The van der Waals surface area contributed by atoms with Gasteiger partial charge in [0.15, 0.2) is 0 Å². The summed E-state index contributed by atoms with van der Waals surface area (Å²) in [7, 11) is 0. The van der Waals surface area contributed by atoms with Gasteiger partial charge in [-0.3, -0.25) is 0 Å². The van der Waals surface area contributed by atoms with Gasteiger partial charge < -0.3 is 10.2 Å². The maximum absolute atomic E-state index is 12.9. The van der Waals surface area contributed by atoms with Crippen LogP contribution in [0.2, 0.25) is 0 Å². The van der Waals surface area contributed by atoms with Gasteiger partial charge in [-0.15, -0.1) is 0 Å². The van der Waals surface area contributed by atoms with Gasteiger partial charge in [0.1, 0.15) is 11.6 Å². The van der Waals surface area contributed by atoms with E-state index in [-0.39, 0.29) is 6.42 Å². The van der Waals surface area contributed by atoms with Crippen molar-refractivity contribution in [2.45, 2.75) is 38.4 Å². The van der Waals surface area contributed by atoms with Crippen molar-refractivity contribution < 1.29 is 19.0 Å². The molecule has 0 aliphatic carbocycles. The van der Waals surface area contributed by atoms with Crippen LogP contribution in [0.15, 0.2) is 18.2 Å². The molecule has 0 saturated heterocycles. The summed E-state index contributed by atoms with van der Waals surface area (Å²) < 4.78 is 25.7. The summed E-state index contributed by atoms with van der Waals surface area (Å²) in [5, 5.41) is 19.5. The zero-order valence-corrected chi connectivity index (χ0v) is 9.37. The van der Waals surface area contributed by atoms with Crippen LogP contribution < -0.4 is 0 Å². The van der Waals surface area contributed by atoms with E-state index in [0.29, 0.717) is 12.0 Å². The summed E-state index contributed by atoms with van der Waals surface area (Å²) in [6.07, 6.45) is -0.653. The fraction of sp³-hybridized carbons (Fsp3) is 0.500. The van der Waals surface area contributed by atoms with Crippen molar-refractivity contribution in [3.63, 3.8) is 0 Å². The van der Waals surface area contributed by atoms with Crippen molar-refractivity contribution in [3.8, 4) is 0 Å². The molecule has 0 aromatic heterocycles. The predicted molar refractivity (Wildman–Crippen MR) is 57.0 cm³/mol. The summed E-state index contributed by atoms with van der Waals surface area (Å²) in [4.78, 5) is 0. The molecule has 0 heterocycles. The molecule has 1 aromatic rings. The smallest absolute Gasteiger partial charge is 0.126 e. The van der Waals surface area contributed by atoms with E-state index in [1.807, 2.05) is 0 Å². The summed E-state index contributed by atoms with van der Waals surface area (Å²) in [5.74, 6) is -1.36. The number of rotatable bonds is 4. The second-order valence-electron chi connectivity index (χ2n) is 4.21. The molecule has 2 unspecified atom stereocenters. The molecule has 0 amide bonds. The lowest BCUT2D eigenvalue weighted by molar-refractivity contribution is -0.0630. The minimum Gasteiger partial charge on any atom is -0.390 e. The molecule has 0 radical (unpaired) electrons. The average Bonchev–Trinajstić information content (AvgIpc) is 2.15. The molecule has 2 atom stereocenters. The van der Waals surface area contributed by atoms with E-state index in [4.69, 9.17) is 0 Å². The maximum Gasteiger partial charge on any atom is 0.126 e. The van der Waals surface area contributed by atoms with Crippen molar-refractivity contribution in [1.82, 2.24) is 0 Å². The largest absolute Gasteiger partial charge is 0.390 e. The molecular formula is C12H16F2O2. The number of hydrogen-bond donors (Lipinski definition) is 2. The van der Waals surface area contributed by atoms with Gasteiger partial charge >= 0.3 is 0 Å². The van der Waals surface area contributed by atoms with Crippen LogP contribution in [0.1, 0.15) is 25.8 Å². The van der Waals surface area contributed by atoms with E-state index in [9.17, 15) is 19.0 Å². The van der Waals surface area contributed by atoms with Crippen molar-refractivity contribution in [2.24, 2.45) is 0 Å². The second-order valence-corrected chi connectivity index (χ2v) is 4.21. The molecule has 0 spiro atoms. The number of benzene rings is 1. The summed E-state index contributed by atoms with van der Waals surface area (Å²) in [5.41, 5.74) is -0.915. The Morgan fingerprint density at radius 1 is 1.25 bits per heavy atom. The molecule has 1 aromatic carbocycles. The highest BCUT2D eigenvalue weighted by molar-refractivity contribution is 5.19. The third-order valence-electron chi connectivity index (χ3n) is 2.79. The molecule has 0 saturated carbocycles. The lowest BCUT2D eigenvalue weighted by Crippen LogP contribution is -2.39. The topological polar surface area (TPSA) is 40.5 Å². The van der Waals surface area contributed by atoms with Gasteiger partial charge in [-0.1, -0.05) is 6.92 Å². The normalized spacial score (nSPS) is 16.9.